The number of amides is 1. The summed E-state index contributed by atoms with van der Waals surface area (Å²) < 4.78 is 12.9. The van der Waals surface area contributed by atoms with Gasteiger partial charge in [0, 0.05) is 12.1 Å². The van der Waals surface area contributed by atoms with Crippen LogP contribution in [0.2, 0.25) is 0 Å². The number of thiocarbonyl (C=S) groups is 1. The second kappa shape index (κ2) is 9.61. The molecular formula is C21H17IN2O3S2. The van der Waals surface area contributed by atoms with E-state index in [0.717, 1.165) is 14.7 Å². The van der Waals surface area contributed by atoms with E-state index >= 15 is 0 Å². The van der Waals surface area contributed by atoms with Crippen molar-refractivity contribution in [3.8, 4) is 17.6 Å². The van der Waals surface area contributed by atoms with E-state index in [-0.39, 0.29) is 12.5 Å². The molecule has 2 aromatic carbocycles. The fraction of sp³-hybridized carbons (Fsp3) is 0.190. The normalized spacial score (nSPS) is 15.0. The highest BCUT2D eigenvalue weighted by Crippen LogP contribution is 2.37. The number of carbonyl (C=O) groups is 1. The molecule has 1 aliphatic heterocycles. The molecule has 0 radical (unpaired) electrons. The van der Waals surface area contributed by atoms with Gasteiger partial charge >= 0.3 is 0 Å². The minimum Gasteiger partial charge on any atom is -0.493 e. The largest absolute Gasteiger partial charge is 0.493 e. The highest BCUT2D eigenvalue weighted by molar-refractivity contribution is 14.1. The van der Waals surface area contributed by atoms with Gasteiger partial charge in [0.2, 0.25) is 0 Å². The Bertz CT molecular complexity index is 1050. The minimum absolute atomic E-state index is 0.0788. The van der Waals surface area contributed by atoms with E-state index in [9.17, 15) is 10.1 Å². The Morgan fingerprint density at radius 3 is 2.76 bits per heavy atom. The fourth-order valence-corrected chi connectivity index (χ4v) is 4.96. The summed E-state index contributed by atoms with van der Waals surface area (Å²) in [5.74, 6) is 1.08. The molecule has 29 heavy (non-hydrogen) atoms. The number of thioether (sulfide) groups is 1. The molecule has 1 saturated heterocycles. The number of benzene rings is 2. The van der Waals surface area contributed by atoms with Gasteiger partial charge in [-0.3, -0.25) is 9.69 Å². The van der Waals surface area contributed by atoms with E-state index in [1.807, 2.05) is 43.3 Å². The monoisotopic (exact) mass is 536 g/mol. The minimum atomic E-state index is -0.0788. The zero-order valence-electron chi connectivity index (χ0n) is 15.8. The van der Waals surface area contributed by atoms with E-state index in [1.165, 1.54) is 11.8 Å². The van der Waals surface area contributed by atoms with Gasteiger partial charge in [0.25, 0.3) is 5.91 Å². The van der Waals surface area contributed by atoms with Crippen LogP contribution >= 0.6 is 46.6 Å². The lowest BCUT2D eigenvalue weighted by Gasteiger charge is -2.14. The summed E-state index contributed by atoms with van der Waals surface area (Å²) in [7, 11) is 1.57. The van der Waals surface area contributed by atoms with Crippen LogP contribution in [0.15, 0.2) is 41.3 Å². The van der Waals surface area contributed by atoms with E-state index < -0.39 is 0 Å². The third-order valence-corrected chi connectivity index (χ3v) is 6.43. The first-order valence-electron chi connectivity index (χ1n) is 8.72. The molecule has 0 N–H and O–H groups in total. The summed E-state index contributed by atoms with van der Waals surface area (Å²) in [6.45, 7) is 2.71. The second-order valence-electron chi connectivity index (χ2n) is 6.02. The highest BCUT2D eigenvalue weighted by Gasteiger charge is 2.30. The Balaban J connectivity index is 1.87. The smallest absolute Gasteiger partial charge is 0.266 e. The van der Waals surface area contributed by atoms with Crippen molar-refractivity contribution in [2.24, 2.45) is 0 Å². The van der Waals surface area contributed by atoms with Gasteiger partial charge in [0.15, 0.2) is 11.5 Å². The van der Waals surface area contributed by atoms with Gasteiger partial charge in [-0.1, -0.05) is 42.2 Å². The van der Waals surface area contributed by atoms with Crippen LogP contribution in [-0.2, 0) is 11.4 Å². The summed E-state index contributed by atoms with van der Waals surface area (Å²) in [4.78, 5) is 14.6. The van der Waals surface area contributed by atoms with Crippen LogP contribution in [0.4, 0.5) is 0 Å². The van der Waals surface area contributed by atoms with Crippen molar-refractivity contribution in [2.45, 2.75) is 13.5 Å². The third kappa shape index (κ3) is 4.74. The average molecular weight is 536 g/mol. The van der Waals surface area contributed by atoms with E-state index in [4.69, 9.17) is 21.7 Å². The first-order chi connectivity index (χ1) is 14.0. The number of likely N-dealkylation sites (N-methyl/N-ethyl adjacent to an activating group) is 1. The first kappa shape index (κ1) is 21.6. The second-order valence-corrected chi connectivity index (χ2v) is 8.86. The zero-order valence-corrected chi connectivity index (χ0v) is 19.6. The molecule has 1 heterocycles. The van der Waals surface area contributed by atoms with Crippen LogP contribution in [0.5, 0.6) is 11.5 Å². The van der Waals surface area contributed by atoms with Crippen molar-refractivity contribution in [1.82, 2.24) is 4.90 Å². The lowest BCUT2D eigenvalue weighted by molar-refractivity contribution is -0.121. The number of nitriles is 1. The molecule has 0 unspecified atom stereocenters. The molecule has 3 rings (SSSR count). The van der Waals surface area contributed by atoms with Gasteiger partial charge in [-0.25, -0.2) is 0 Å². The van der Waals surface area contributed by atoms with Crippen LogP contribution in [-0.4, -0.2) is 28.8 Å². The zero-order chi connectivity index (χ0) is 21.0. The van der Waals surface area contributed by atoms with E-state index in [0.29, 0.717) is 32.8 Å². The number of hydrogen-bond acceptors (Lipinski definition) is 6. The lowest BCUT2D eigenvalue weighted by Crippen LogP contribution is -2.27. The first-order valence-corrected chi connectivity index (χ1v) is 11.0. The summed E-state index contributed by atoms with van der Waals surface area (Å²) in [6, 6.07) is 13.2. The maximum absolute atomic E-state index is 12.4. The number of rotatable bonds is 6. The van der Waals surface area contributed by atoms with Crippen molar-refractivity contribution < 1.29 is 14.3 Å². The molecule has 2 aromatic rings. The molecule has 0 bridgehead atoms. The molecule has 0 spiro atoms. The SMILES string of the molecule is CCN1C(=O)/C(=C/c2cc(I)c(OCc3ccccc3C#N)c(OC)c2)SC1=S. The molecule has 148 valence electrons. The Labute approximate surface area is 192 Å². The number of hydrogen-bond donors (Lipinski definition) is 0. The van der Waals surface area contributed by atoms with Crippen molar-refractivity contribution in [3.05, 3.63) is 61.6 Å². The molecule has 1 fully saturated rings. The van der Waals surface area contributed by atoms with Gasteiger partial charge in [-0.15, -0.1) is 0 Å². The Morgan fingerprint density at radius 1 is 1.34 bits per heavy atom. The molecule has 0 saturated carbocycles. The molecule has 1 amide bonds. The van der Waals surface area contributed by atoms with Crippen LogP contribution in [0, 0.1) is 14.9 Å². The molecular weight excluding hydrogens is 519 g/mol. The van der Waals surface area contributed by atoms with Gasteiger partial charge in [-0.2, -0.15) is 5.26 Å². The molecule has 8 heteroatoms. The average Bonchev–Trinajstić information content (AvgIpc) is 2.99. The van der Waals surface area contributed by atoms with Crippen LogP contribution in [0.1, 0.15) is 23.6 Å². The Hall–Kier alpha value is -2.09. The highest BCUT2D eigenvalue weighted by atomic mass is 127. The van der Waals surface area contributed by atoms with E-state index in [1.54, 1.807) is 18.1 Å². The molecule has 0 aromatic heterocycles. The van der Waals surface area contributed by atoms with Gasteiger partial charge < -0.3 is 9.47 Å². The Kier molecular flexibility index (Phi) is 7.16. The third-order valence-electron chi connectivity index (χ3n) is 4.25. The lowest BCUT2D eigenvalue weighted by atomic mass is 10.1. The van der Waals surface area contributed by atoms with Crippen molar-refractivity contribution in [2.75, 3.05) is 13.7 Å². The number of ether oxygens (including phenoxy) is 2. The van der Waals surface area contributed by atoms with Gasteiger partial charge in [-0.05, 0) is 59.4 Å². The predicted molar refractivity (Wildman–Crippen MR) is 127 cm³/mol. The van der Waals surface area contributed by atoms with Crippen molar-refractivity contribution in [3.63, 3.8) is 0 Å². The van der Waals surface area contributed by atoms with Crippen LogP contribution in [0.25, 0.3) is 6.08 Å². The molecule has 1 aliphatic rings. The summed E-state index contributed by atoms with van der Waals surface area (Å²) >= 11 is 8.74. The van der Waals surface area contributed by atoms with Gasteiger partial charge in [0.05, 0.1) is 27.2 Å². The van der Waals surface area contributed by atoms with Gasteiger partial charge in [0.1, 0.15) is 10.9 Å². The number of nitrogens with zero attached hydrogens (tertiary/aromatic N) is 2. The standard InChI is InChI=1S/C21H17IN2O3S2/c1-3-24-20(25)18(29-21(24)28)10-13-8-16(22)19(17(9-13)26-2)27-12-15-7-5-4-6-14(15)11-23/h4-10H,3,12H2,1-2H3/b18-10-. The molecule has 5 nitrogen and oxygen atoms in total. The van der Waals surface area contributed by atoms with Crippen LogP contribution < -0.4 is 9.47 Å². The maximum atomic E-state index is 12.4. The maximum Gasteiger partial charge on any atom is 0.266 e. The van der Waals surface area contributed by atoms with E-state index in [2.05, 4.69) is 28.7 Å². The summed E-state index contributed by atoms with van der Waals surface area (Å²) in [6.07, 6.45) is 1.81. The quantitative estimate of drug-likeness (QED) is 0.295. The number of carbonyl (C=O) groups excluding carboxylic acids is 1. The molecule has 0 aliphatic carbocycles. The van der Waals surface area contributed by atoms with Crippen molar-refractivity contribution in [1.29, 1.82) is 5.26 Å². The van der Waals surface area contributed by atoms with Crippen LogP contribution in [0.3, 0.4) is 0 Å². The topological polar surface area (TPSA) is 62.6 Å². The number of methoxy groups -OCH3 is 1. The van der Waals surface area contributed by atoms with Crippen molar-refractivity contribution >= 4 is 62.9 Å². The fourth-order valence-electron chi connectivity index (χ4n) is 2.79. The molecule has 0 atom stereocenters. The number of halogens is 1. The Morgan fingerprint density at radius 2 is 2.10 bits per heavy atom. The summed E-state index contributed by atoms with van der Waals surface area (Å²) in [5, 5.41) is 9.24. The summed E-state index contributed by atoms with van der Waals surface area (Å²) in [5.41, 5.74) is 2.21. The predicted octanol–water partition coefficient (Wildman–Crippen LogP) is 4.97.